The minimum atomic E-state index is 0.446. The lowest BCUT2D eigenvalue weighted by Crippen LogP contribution is -2.61. The van der Waals surface area contributed by atoms with Crippen LogP contribution in [0.2, 0.25) is 0 Å². The van der Waals surface area contributed by atoms with Gasteiger partial charge >= 0.3 is 0 Å². The minimum Gasteiger partial charge on any atom is -0.309 e. The SMILES string of the molecule is c1ccc2c(c1)SCC2CN1CCNC2(CCCCC2)C1. The van der Waals surface area contributed by atoms with Gasteiger partial charge in [0.05, 0.1) is 0 Å². The highest BCUT2D eigenvalue weighted by Crippen LogP contribution is 2.40. The van der Waals surface area contributed by atoms with Gasteiger partial charge in [-0.15, -0.1) is 11.8 Å². The van der Waals surface area contributed by atoms with Crippen LogP contribution in [-0.4, -0.2) is 42.4 Å². The molecule has 1 aliphatic carbocycles. The molecular weight excluding hydrogens is 276 g/mol. The molecule has 21 heavy (non-hydrogen) atoms. The van der Waals surface area contributed by atoms with E-state index in [1.807, 2.05) is 11.8 Å². The van der Waals surface area contributed by atoms with E-state index in [2.05, 4.69) is 34.5 Å². The molecule has 2 aliphatic heterocycles. The van der Waals surface area contributed by atoms with E-state index in [0.717, 1.165) is 5.92 Å². The fourth-order valence-corrected chi connectivity index (χ4v) is 5.70. The third kappa shape index (κ3) is 2.88. The lowest BCUT2D eigenvalue weighted by Gasteiger charge is -2.46. The van der Waals surface area contributed by atoms with E-state index in [4.69, 9.17) is 0 Å². The highest BCUT2D eigenvalue weighted by molar-refractivity contribution is 7.99. The first-order valence-electron chi connectivity index (χ1n) is 8.54. The minimum absolute atomic E-state index is 0.446. The van der Waals surface area contributed by atoms with E-state index in [9.17, 15) is 0 Å². The molecule has 1 saturated carbocycles. The maximum absolute atomic E-state index is 3.86. The number of nitrogens with one attached hydrogen (secondary N) is 1. The second-order valence-corrected chi connectivity index (χ2v) is 8.11. The fraction of sp³-hybridized carbons (Fsp3) is 0.667. The van der Waals surface area contributed by atoms with Gasteiger partial charge in [0.2, 0.25) is 0 Å². The first kappa shape index (κ1) is 14.1. The van der Waals surface area contributed by atoms with Gasteiger partial charge in [-0.3, -0.25) is 4.90 Å². The molecule has 2 heterocycles. The Labute approximate surface area is 132 Å². The van der Waals surface area contributed by atoms with Crippen LogP contribution in [0.25, 0.3) is 0 Å². The summed E-state index contributed by atoms with van der Waals surface area (Å²) in [6.07, 6.45) is 7.06. The molecule has 3 heteroatoms. The van der Waals surface area contributed by atoms with Gasteiger partial charge < -0.3 is 5.32 Å². The molecule has 1 atom stereocenters. The van der Waals surface area contributed by atoms with E-state index in [-0.39, 0.29) is 0 Å². The Balaban J connectivity index is 1.43. The summed E-state index contributed by atoms with van der Waals surface area (Å²) < 4.78 is 0. The standard InChI is InChI=1S/C18H26N2S/c1-4-8-18(9-5-1)14-20(11-10-19-18)12-15-13-21-17-7-3-2-6-16(15)17/h2-3,6-7,15,19H,1,4-5,8-14H2. The summed E-state index contributed by atoms with van der Waals surface area (Å²) in [6, 6.07) is 9.02. The van der Waals surface area contributed by atoms with Crippen molar-refractivity contribution in [1.29, 1.82) is 0 Å². The molecule has 3 aliphatic rings. The van der Waals surface area contributed by atoms with Crippen molar-refractivity contribution in [2.24, 2.45) is 0 Å². The smallest absolute Gasteiger partial charge is 0.0309 e. The second kappa shape index (κ2) is 5.94. The van der Waals surface area contributed by atoms with Crippen LogP contribution in [0.3, 0.4) is 0 Å². The maximum atomic E-state index is 3.86. The summed E-state index contributed by atoms with van der Waals surface area (Å²) in [7, 11) is 0. The third-order valence-electron chi connectivity index (χ3n) is 5.54. The molecule has 2 fully saturated rings. The predicted molar refractivity (Wildman–Crippen MR) is 90.2 cm³/mol. The molecule has 1 unspecified atom stereocenters. The molecular formula is C18H26N2S. The number of nitrogens with zero attached hydrogens (tertiary/aromatic N) is 1. The Morgan fingerprint density at radius 3 is 2.95 bits per heavy atom. The molecule has 1 spiro atoms. The van der Waals surface area contributed by atoms with Gasteiger partial charge in [-0.05, 0) is 24.5 Å². The van der Waals surface area contributed by atoms with Gasteiger partial charge in [0.1, 0.15) is 0 Å². The van der Waals surface area contributed by atoms with E-state index in [1.165, 1.54) is 68.9 Å². The predicted octanol–water partition coefficient (Wildman–Crippen LogP) is 3.48. The normalized spacial score (nSPS) is 28.7. The maximum Gasteiger partial charge on any atom is 0.0309 e. The molecule has 1 aromatic rings. The summed E-state index contributed by atoms with van der Waals surface area (Å²) in [4.78, 5) is 4.26. The Morgan fingerprint density at radius 1 is 1.19 bits per heavy atom. The van der Waals surface area contributed by atoms with Crippen molar-refractivity contribution in [1.82, 2.24) is 10.2 Å². The Morgan fingerprint density at radius 2 is 2.05 bits per heavy atom. The van der Waals surface area contributed by atoms with Gasteiger partial charge in [0, 0.05) is 48.3 Å². The molecule has 0 bridgehead atoms. The van der Waals surface area contributed by atoms with Crippen molar-refractivity contribution in [2.45, 2.75) is 48.5 Å². The average molecular weight is 302 g/mol. The summed E-state index contributed by atoms with van der Waals surface area (Å²) >= 11 is 2.05. The summed E-state index contributed by atoms with van der Waals surface area (Å²) in [6.45, 7) is 4.94. The average Bonchev–Trinajstić information content (AvgIpc) is 2.92. The zero-order valence-corrected chi connectivity index (χ0v) is 13.6. The molecule has 1 saturated heterocycles. The van der Waals surface area contributed by atoms with Gasteiger partial charge in [-0.2, -0.15) is 0 Å². The topological polar surface area (TPSA) is 15.3 Å². The van der Waals surface area contributed by atoms with E-state index in [1.54, 1.807) is 5.56 Å². The Hall–Kier alpha value is -0.510. The highest BCUT2D eigenvalue weighted by atomic mass is 32.2. The number of piperazine rings is 1. The Kier molecular flexibility index (Phi) is 3.99. The van der Waals surface area contributed by atoms with Crippen LogP contribution < -0.4 is 5.32 Å². The molecule has 0 aromatic heterocycles. The second-order valence-electron chi connectivity index (χ2n) is 7.05. The van der Waals surface area contributed by atoms with Gasteiger partial charge in [-0.25, -0.2) is 0 Å². The monoisotopic (exact) mass is 302 g/mol. The molecule has 2 nitrogen and oxygen atoms in total. The molecule has 4 rings (SSSR count). The van der Waals surface area contributed by atoms with Crippen LogP contribution in [-0.2, 0) is 0 Å². The third-order valence-corrected chi connectivity index (χ3v) is 6.79. The number of thioether (sulfide) groups is 1. The largest absolute Gasteiger partial charge is 0.309 e. The van der Waals surface area contributed by atoms with Crippen LogP contribution in [0.4, 0.5) is 0 Å². The lowest BCUT2D eigenvalue weighted by atomic mass is 9.80. The van der Waals surface area contributed by atoms with Crippen molar-refractivity contribution in [3.05, 3.63) is 29.8 Å². The van der Waals surface area contributed by atoms with E-state index < -0.39 is 0 Å². The highest BCUT2D eigenvalue weighted by Gasteiger charge is 2.37. The number of rotatable bonds is 2. The summed E-state index contributed by atoms with van der Waals surface area (Å²) in [5.41, 5.74) is 2.04. The zero-order valence-electron chi connectivity index (χ0n) is 12.8. The van der Waals surface area contributed by atoms with Crippen molar-refractivity contribution < 1.29 is 0 Å². The number of hydrogen-bond acceptors (Lipinski definition) is 3. The van der Waals surface area contributed by atoms with Crippen LogP contribution >= 0.6 is 11.8 Å². The zero-order chi connectivity index (χ0) is 14.1. The quantitative estimate of drug-likeness (QED) is 0.900. The van der Waals surface area contributed by atoms with Crippen LogP contribution in [0.5, 0.6) is 0 Å². The molecule has 0 radical (unpaired) electrons. The van der Waals surface area contributed by atoms with E-state index in [0.29, 0.717) is 5.54 Å². The number of benzene rings is 1. The van der Waals surface area contributed by atoms with Gasteiger partial charge in [0.25, 0.3) is 0 Å². The molecule has 1 aromatic carbocycles. The molecule has 114 valence electrons. The fourth-order valence-electron chi connectivity index (χ4n) is 4.45. The van der Waals surface area contributed by atoms with Crippen LogP contribution in [0.15, 0.2) is 29.2 Å². The summed E-state index contributed by atoms with van der Waals surface area (Å²) in [5, 5.41) is 3.86. The number of hydrogen-bond donors (Lipinski definition) is 1. The van der Waals surface area contributed by atoms with E-state index >= 15 is 0 Å². The van der Waals surface area contributed by atoms with Crippen LogP contribution in [0, 0.1) is 0 Å². The van der Waals surface area contributed by atoms with Crippen molar-refractivity contribution in [3.63, 3.8) is 0 Å². The van der Waals surface area contributed by atoms with Crippen molar-refractivity contribution in [3.8, 4) is 0 Å². The lowest BCUT2D eigenvalue weighted by molar-refractivity contribution is 0.0962. The van der Waals surface area contributed by atoms with Crippen LogP contribution in [0.1, 0.15) is 43.6 Å². The first-order chi connectivity index (χ1) is 10.3. The number of fused-ring (bicyclic) bond motifs is 1. The Bertz CT molecular complexity index is 490. The first-order valence-corrected chi connectivity index (χ1v) is 9.52. The van der Waals surface area contributed by atoms with Crippen molar-refractivity contribution in [2.75, 3.05) is 31.9 Å². The van der Waals surface area contributed by atoms with Gasteiger partial charge in [-0.1, -0.05) is 37.5 Å². The molecule has 1 N–H and O–H groups in total. The summed E-state index contributed by atoms with van der Waals surface area (Å²) in [5.74, 6) is 2.01. The van der Waals surface area contributed by atoms with Crippen molar-refractivity contribution >= 4 is 11.8 Å². The molecule has 0 amide bonds. The van der Waals surface area contributed by atoms with Gasteiger partial charge in [0.15, 0.2) is 0 Å².